The fraction of sp³-hybridized carbons (Fsp3) is 0.500. The Bertz CT molecular complexity index is 585. The van der Waals surface area contributed by atoms with Crippen LogP contribution in [0.3, 0.4) is 0 Å². The second-order valence-corrected chi connectivity index (χ2v) is 6.35. The van der Waals surface area contributed by atoms with Gasteiger partial charge in [0, 0.05) is 25.2 Å². The van der Waals surface area contributed by atoms with Gasteiger partial charge in [-0.1, -0.05) is 19.9 Å². The van der Waals surface area contributed by atoms with Crippen LogP contribution in [0, 0.1) is 6.92 Å². The van der Waals surface area contributed by atoms with E-state index in [1.54, 1.807) is 19.9 Å². The Kier molecular flexibility index (Phi) is 6.80. The molecule has 0 aromatic heterocycles. The number of amides is 1. The van der Waals surface area contributed by atoms with Crippen LogP contribution in [-0.2, 0) is 10.0 Å². The van der Waals surface area contributed by atoms with Crippen LogP contribution in [0.15, 0.2) is 23.1 Å². The minimum Gasteiger partial charge on any atom is -0.351 e. The second kappa shape index (κ2) is 8.11. The van der Waals surface area contributed by atoms with Gasteiger partial charge in [-0.2, -0.15) is 0 Å². The molecule has 0 unspecified atom stereocenters. The van der Waals surface area contributed by atoms with Crippen molar-refractivity contribution in [1.82, 2.24) is 15.4 Å². The summed E-state index contributed by atoms with van der Waals surface area (Å²) in [6.45, 7) is 7.79. The van der Waals surface area contributed by atoms with Gasteiger partial charge >= 0.3 is 0 Å². The zero-order chi connectivity index (χ0) is 15.9. The SMILES string of the molecule is CCNCCNC(=O)c1cc(S(=O)(=O)NCC)ccc1C. The first kappa shape index (κ1) is 17.6. The van der Waals surface area contributed by atoms with E-state index >= 15 is 0 Å². The first-order valence-electron chi connectivity index (χ1n) is 7.01. The molecule has 1 aromatic rings. The highest BCUT2D eigenvalue weighted by atomic mass is 32.2. The minimum atomic E-state index is -3.55. The second-order valence-electron chi connectivity index (χ2n) is 4.59. The van der Waals surface area contributed by atoms with Gasteiger partial charge in [0.1, 0.15) is 0 Å². The van der Waals surface area contributed by atoms with Crippen molar-refractivity contribution in [1.29, 1.82) is 0 Å². The predicted molar refractivity (Wildman–Crippen MR) is 82.9 cm³/mol. The Hall–Kier alpha value is -1.44. The summed E-state index contributed by atoms with van der Waals surface area (Å²) in [4.78, 5) is 12.2. The van der Waals surface area contributed by atoms with Crippen LogP contribution in [0.2, 0.25) is 0 Å². The summed E-state index contributed by atoms with van der Waals surface area (Å²) in [7, 11) is -3.55. The zero-order valence-corrected chi connectivity index (χ0v) is 13.5. The molecule has 0 heterocycles. The lowest BCUT2D eigenvalue weighted by Crippen LogP contribution is -2.32. The predicted octanol–water partition coefficient (Wildman–Crippen LogP) is 0.633. The molecule has 0 saturated carbocycles. The quantitative estimate of drug-likeness (QED) is 0.614. The van der Waals surface area contributed by atoms with Crippen LogP contribution in [0.1, 0.15) is 29.8 Å². The van der Waals surface area contributed by atoms with Crippen LogP contribution >= 0.6 is 0 Å². The van der Waals surface area contributed by atoms with E-state index in [1.165, 1.54) is 12.1 Å². The van der Waals surface area contributed by atoms with Gasteiger partial charge in [-0.05, 0) is 31.2 Å². The first-order valence-corrected chi connectivity index (χ1v) is 8.50. The number of carbonyl (C=O) groups is 1. The van der Waals surface area contributed by atoms with E-state index in [9.17, 15) is 13.2 Å². The normalized spacial score (nSPS) is 11.4. The molecule has 1 rings (SSSR count). The molecule has 21 heavy (non-hydrogen) atoms. The number of likely N-dealkylation sites (N-methyl/N-ethyl adjacent to an activating group) is 1. The number of hydrogen-bond acceptors (Lipinski definition) is 4. The summed E-state index contributed by atoms with van der Waals surface area (Å²) < 4.78 is 26.3. The van der Waals surface area contributed by atoms with Crippen molar-refractivity contribution in [3.8, 4) is 0 Å². The Labute approximate surface area is 126 Å². The monoisotopic (exact) mass is 313 g/mol. The third-order valence-electron chi connectivity index (χ3n) is 2.94. The van der Waals surface area contributed by atoms with Gasteiger partial charge in [0.05, 0.1) is 4.90 Å². The third kappa shape index (κ3) is 5.11. The molecule has 1 amide bonds. The summed E-state index contributed by atoms with van der Waals surface area (Å²) in [5.41, 5.74) is 1.12. The van der Waals surface area contributed by atoms with E-state index in [0.717, 1.165) is 12.1 Å². The lowest BCUT2D eigenvalue weighted by Gasteiger charge is -2.10. The molecule has 7 heteroatoms. The topological polar surface area (TPSA) is 87.3 Å². The Balaban J connectivity index is 2.90. The highest BCUT2D eigenvalue weighted by Gasteiger charge is 2.16. The number of benzene rings is 1. The van der Waals surface area contributed by atoms with E-state index in [1.807, 2.05) is 6.92 Å². The van der Waals surface area contributed by atoms with Gasteiger partial charge in [0.25, 0.3) is 5.91 Å². The Morgan fingerprint density at radius 2 is 1.86 bits per heavy atom. The van der Waals surface area contributed by atoms with Gasteiger partial charge in [-0.25, -0.2) is 13.1 Å². The molecular weight excluding hydrogens is 290 g/mol. The van der Waals surface area contributed by atoms with Crippen LogP contribution < -0.4 is 15.4 Å². The number of hydrogen-bond donors (Lipinski definition) is 3. The molecule has 3 N–H and O–H groups in total. The molecule has 0 aliphatic heterocycles. The van der Waals surface area contributed by atoms with Crippen LogP contribution in [-0.4, -0.2) is 40.5 Å². The molecule has 118 valence electrons. The molecule has 6 nitrogen and oxygen atoms in total. The molecular formula is C14H23N3O3S. The van der Waals surface area contributed by atoms with Gasteiger partial charge < -0.3 is 10.6 Å². The highest BCUT2D eigenvalue weighted by Crippen LogP contribution is 2.15. The standard InChI is InChI=1S/C14H23N3O3S/c1-4-15-8-9-16-14(18)13-10-12(7-6-11(13)3)21(19,20)17-5-2/h6-7,10,15,17H,4-5,8-9H2,1-3H3,(H,16,18). The molecule has 0 bridgehead atoms. The van der Waals surface area contributed by atoms with Crippen molar-refractivity contribution in [2.24, 2.45) is 0 Å². The van der Waals surface area contributed by atoms with Crippen molar-refractivity contribution < 1.29 is 13.2 Å². The van der Waals surface area contributed by atoms with Crippen LogP contribution in [0.25, 0.3) is 0 Å². The fourth-order valence-electron chi connectivity index (χ4n) is 1.82. The Morgan fingerprint density at radius 1 is 1.14 bits per heavy atom. The molecule has 0 aliphatic carbocycles. The molecule has 1 aromatic carbocycles. The number of rotatable bonds is 8. The molecule has 0 aliphatic rings. The molecule has 0 saturated heterocycles. The number of aryl methyl sites for hydroxylation is 1. The van der Waals surface area contributed by atoms with Crippen molar-refractivity contribution >= 4 is 15.9 Å². The molecule has 0 spiro atoms. The van der Waals surface area contributed by atoms with Crippen molar-refractivity contribution in [3.63, 3.8) is 0 Å². The van der Waals surface area contributed by atoms with Crippen molar-refractivity contribution in [2.45, 2.75) is 25.7 Å². The molecule has 0 radical (unpaired) electrons. The van der Waals surface area contributed by atoms with Crippen molar-refractivity contribution in [2.75, 3.05) is 26.2 Å². The highest BCUT2D eigenvalue weighted by molar-refractivity contribution is 7.89. The Morgan fingerprint density at radius 3 is 2.48 bits per heavy atom. The van der Waals surface area contributed by atoms with Crippen LogP contribution in [0.4, 0.5) is 0 Å². The number of carbonyl (C=O) groups excluding carboxylic acids is 1. The van der Waals surface area contributed by atoms with Gasteiger partial charge in [-0.3, -0.25) is 4.79 Å². The zero-order valence-electron chi connectivity index (χ0n) is 12.7. The average Bonchev–Trinajstić information content (AvgIpc) is 2.43. The summed E-state index contributed by atoms with van der Waals surface area (Å²) in [5.74, 6) is -0.265. The third-order valence-corrected chi connectivity index (χ3v) is 4.48. The number of sulfonamides is 1. The van der Waals surface area contributed by atoms with Gasteiger partial charge in [0.2, 0.25) is 10.0 Å². The maximum Gasteiger partial charge on any atom is 0.251 e. The summed E-state index contributed by atoms with van der Waals surface area (Å²) >= 11 is 0. The lowest BCUT2D eigenvalue weighted by molar-refractivity contribution is 0.0953. The van der Waals surface area contributed by atoms with E-state index in [2.05, 4.69) is 15.4 Å². The smallest absolute Gasteiger partial charge is 0.251 e. The first-order chi connectivity index (χ1) is 9.92. The largest absolute Gasteiger partial charge is 0.351 e. The van der Waals surface area contributed by atoms with Crippen LogP contribution in [0.5, 0.6) is 0 Å². The van der Waals surface area contributed by atoms with E-state index in [-0.39, 0.29) is 10.8 Å². The summed E-state index contributed by atoms with van der Waals surface area (Å²) in [5, 5.41) is 5.87. The van der Waals surface area contributed by atoms with Crippen molar-refractivity contribution in [3.05, 3.63) is 29.3 Å². The molecule has 0 fully saturated rings. The number of nitrogens with one attached hydrogen (secondary N) is 3. The summed E-state index contributed by atoms with van der Waals surface area (Å²) in [6.07, 6.45) is 0. The summed E-state index contributed by atoms with van der Waals surface area (Å²) in [6, 6.07) is 4.56. The fourth-order valence-corrected chi connectivity index (χ4v) is 2.89. The van der Waals surface area contributed by atoms with Gasteiger partial charge in [0.15, 0.2) is 0 Å². The molecule has 0 atom stereocenters. The lowest BCUT2D eigenvalue weighted by atomic mass is 10.1. The maximum absolute atomic E-state index is 12.1. The van der Waals surface area contributed by atoms with E-state index < -0.39 is 10.0 Å². The van der Waals surface area contributed by atoms with E-state index in [4.69, 9.17) is 0 Å². The maximum atomic E-state index is 12.1. The van der Waals surface area contributed by atoms with Gasteiger partial charge in [-0.15, -0.1) is 0 Å². The minimum absolute atomic E-state index is 0.104. The average molecular weight is 313 g/mol. The van der Waals surface area contributed by atoms with E-state index in [0.29, 0.717) is 25.2 Å².